The van der Waals surface area contributed by atoms with E-state index in [1.54, 1.807) is 0 Å². The largest absolute Gasteiger partial charge is 0.348 e. The molecule has 2 nitrogen and oxygen atoms in total. The molecule has 98 valence electrons. The lowest BCUT2D eigenvalue weighted by molar-refractivity contribution is -0.203. The van der Waals surface area contributed by atoms with Crippen LogP contribution in [0.1, 0.15) is 32.3 Å². The highest BCUT2D eigenvalue weighted by Gasteiger charge is 2.30. The van der Waals surface area contributed by atoms with Gasteiger partial charge in [0, 0.05) is 5.41 Å². The topological polar surface area (TPSA) is 18.5 Å². The van der Waals surface area contributed by atoms with Crippen LogP contribution in [0.2, 0.25) is 0 Å². The van der Waals surface area contributed by atoms with Gasteiger partial charge in [-0.15, -0.1) is 0 Å². The van der Waals surface area contributed by atoms with E-state index >= 15 is 0 Å². The van der Waals surface area contributed by atoms with Crippen molar-refractivity contribution in [2.45, 2.75) is 33.0 Å². The molecule has 0 N–H and O–H groups in total. The first-order valence-corrected chi connectivity index (χ1v) is 6.68. The molecule has 18 heavy (non-hydrogen) atoms. The monoisotopic (exact) mass is 246 g/mol. The molecule has 0 bridgehead atoms. The van der Waals surface area contributed by atoms with Crippen molar-refractivity contribution in [1.29, 1.82) is 0 Å². The van der Waals surface area contributed by atoms with Crippen molar-refractivity contribution in [3.63, 3.8) is 0 Å². The maximum atomic E-state index is 5.76. The van der Waals surface area contributed by atoms with Crippen molar-refractivity contribution in [1.82, 2.24) is 0 Å². The zero-order valence-corrected chi connectivity index (χ0v) is 11.3. The summed E-state index contributed by atoms with van der Waals surface area (Å²) in [6.07, 6.45) is 6.17. The van der Waals surface area contributed by atoms with Gasteiger partial charge in [-0.05, 0) is 18.1 Å². The summed E-state index contributed by atoms with van der Waals surface area (Å²) in [5, 5.41) is 0. The van der Waals surface area contributed by atoms with E-state index in [9.17, 15) is 0 Å². The lowest BCUT2D eigenvalue weighted by Crippen LogP contribution is -2.38. The molecule has 1 aliphatic heterocycles. The average molecular weight is 246 g/mol. The first-order valence-electron chi connectivity index (χ1n) is 6.68. The summed E-state index contributed by atoms with van der Waals surface area (Å²) in [5.41, 5.74) is 1.36. The molecule has 0 atom stereocenters. The van der Waals surface area contributed by atoms with Crippen LogP contribution < -0.4 is 0 Å². The van der Waals surface area contributed by atoms with Crippen LogP contribution in [0.3, 0.4) is 0 Å². The molecule has 0 amide bonds. The highest BCUT2D eigenvalue weighted by atomic mass is 16.7. The minimum atomic E-state index is -0.199. The zero-order chi connectivity index (χ0) is 12.8. The second-order valence-electron chi connectivity index (χ2n) is 5.32. The Hall–Kier alpha value is -1.12. The fourth-order valence-electron chi connectivity index (χ4n) is 2.27. The molecule has 0 saturated carbocycles. The van der Waals surface area contributed by atoms with Gasteiger partial charge in [-0.1, -0.05) is 56.7 Å². The third-order valence-corrected chi connectivity index (χ3v) is 3.29. The van der Waals surface area contributed by atoms with Crippen LogP contribution >= 0.6 is 0 Å². The van der Waals surface area contributed by atoms with Gasteiger partial charge in [0.25, 0.3) is 0 Å². The highest BCUT2D eigenvalue weighted by molar-refractivity contribution is 5.48. The Morgan fingerprint density at radius 1 is 1.22 bits per heavy atom. The standard InChI is InChI=1S/C16H22O2/c1-3-11-16(2)12-17-15(18-13-16)10-9-14-7-5-4-6-8-14/h4-10,15H,3,11-13H2,1-2H3/b10-9+. The quantitative estimate of drug-likeness (QED) is 0.802. The number of ether oxygens (including phenoxy) is 2. The Bertz CT molecular complexity index is 375. The first-order chi connectivity index (χ1) is 8.72. The Labute approximate surface area is 110 Å². The Kier molecular flexibility index (Phi) is 4.56. The zero-order valence-electron chi connectivity index (χ0n) is 11.3. The Morgan fingerprint density at radius 2 is 1.89 bits per heavy atom. The van der Waals surface area contributed by atoms with Crippen molar-refractivity contribution in [2.24, 2.45) is 5.41 Å². The van der Waals surface area contributed by atoms with Crippen molar-refractivity contribution in [3.05, 3.63) is 42.0 Å². The predicted molar refractivity (Wildman–Crippen MR) is 74.2 cm³/mol. The van der Waals surface area contributed by atoms with Crippen LogP contribution in [0.15, 0.2) is 36.4 Å². The van der Waals surface area contributed by atoms with Gasteiger partial charge in [-0.3, -0.25) is 0 Å². The van der Waals surface area contributed by atoms with E-state index in [4.69, 9.17) is 9.47 Å². The van der Waals surface area contributed by atoms with Crippen LogP contribution in [0, 0.1) is 5.41 Å². The fourth-order valence-corrected chi connectivity index (χ4v) is 2.27. The molecule has 1 heterocycles. The lowest BCUT2D eigenvalue weighted by Gasteiger charge is -2.36. The predicted octanol–water partition coefficient (Wildman–Crippen LogP) is 3.88. The van der Waals surface area contributed by atoms with Gasteiger partial charge < -0.3 is 9.47 Å². The minimum absolute atomic E-state index is 0.186. The summed E-state index contributed by atoms with van der Waals surface area (Å²) in [4.78, 5) is 0. The average Bonchev–Trinajstić information content (AvgIpc) is 2.40. The molecular weight excluding hydrogens is 224 g/mol. The van der Waals surface area contributed by atoms with E-state index in [1.807, 2.05) is 30.4 Å². The SMILES string of the molecule is CCCC1(C)COC(/C=C/c2ccccc2)OC1. The second kappa shape index (κ2) is 6.17. The molecule has 2 rings (SSSR count). The van der Waals surface area contributed by atoms with Gasteiger partial charge in [0.05, 0.1) is 13.2 Å². The number of benzene rings is 1. The maximum Gasteiger partial charge on any atom is 0.177 e. The smallest absolute Gasteiger partial charge is 0.177 e. The van der Waals surface area contributed by atoms with E-state index in [2.05, 4.69) is 26.0 Å². The van der Waals surface area contributed by atoms with Crippen LogP contribution in [0.5, 0.6) is 0 Å². The van der Waals surface area contributed by atoms with Crippen molar-refractivity contribution in [3.8, 4) is 0 Å². The number of rotatable bonds is 4. The summed E-state index contributed by atoms with van der Waals surface area (Å²) in [6, 6.07) is 10.2. The molecule has 1 fully saturated rings. The lowest BCUT2D eigenvalue weighted by atomic mass is 9.87. The van der Waals surface area contributed by atoms with E-state index < -0.39 is 0 Å². The highest BCUT2D eigenvalue weighted by Crippen LogP contribution is 2.29. The van der Waals surface area contributed by atoms with Gasteiger partial charge >= 0.3 is 0 Å². The number of hydrogen-bond acceptors (Lipinski definition) is 2. The van der Waals surface area contributed by atoms with Gasteiger partial charge in [-0.2, -0.15) is 0 Å². The summed E-state index contributed by atoms with van der Waals surface area (Å²) < 4.78 is 11.5. The summed E-state index contributed by atoms with van der Waals surface area (Å²) >= 11 is 0. The van der Waals surface area contributed by atoms with Crippen molar-refractivity contribution in [2.75, 3.05) is 13.2 Å². The number of hydrogen-bond donors (Lipinski definition) is 0. The van der Waals surface area contributed by atoms with E-state index in [1.165, 1.54) is 12.0 Å². The molecule has 1 aromatic rings. The van der Waals surface area contributed by atoms with Crippen molar-refractivity contribution >= 4 is 6.08 Å². The van der Waals surface area contributed by atoms with Crippen LogP contribution in [-0.4, -0.2) is 19.5 Å². The molecule has 0 unspecified atom stereocenters. The second-order valence-corrected chi connectivity index (χ2v) is 5.32. The summed E-state index contributed by atoms with van der Waals surface area (Å²) in [7, 11) is 0. The summed E-state index contributed by atoms with van der Waals surface area (Å²) in [6.45, 7) is 6.00. The van der Waals surface area contributed by atoms with Gasteiger partial charge in [0.1, 0.15) is 0 Å². The normalized spacial score (nSPS) is 28.7. The molecular formula is C16H22O2. The van der Waals surface area contributed by atoms with Crippen LogP contribution in [-0.2, 0) is 9.47 Å². The molecule has 1 saturated heterocycles. The Balaban J connectivity index is 1.85. The minimum Gasteiger partial charge on any atom is -0.348 e. The maximum absolute atomic E-state index is 5.76. The summed E-state index contributed by atoms with van der Waals surface area (Å²) in [5.74, 6) is 0. The first kappa shape index (κ1) is 13.3. The van der Waals surface area contributed by atoms with E-state index in [-0.39, 0.29) is 11.7 Å². The molecule has 1 aromatic carbocycles. The van der Waals surface area contributed by atoms with Gasteiger partial charge in [0.15, 0.2) is 6.29 Å². The molecule has 2 heteroatoms. The molecule has 0 aromatic heterocycles. The third-order valence-electron chi connectivity index (χ3n) is 3.29. The van der Waals surface area contributed by atoms with E-state index in [0.717, 1.165) is 19.6 Å². The Morgan fingerprint density at radius 3 is 2.50 bits per heavy atom. The third kappa shape index (κ3) is 3.69. The van der Waals surface area contributed by atoms with Gasteiger partial charge in [0.2, 0.25) is 0 Å². The van der Waals surface area contributed by atoms with Crippen LogP contribution in [0.25, 0.3) is 6.08 Å². The molecule has 0 aliphatic carbocycles. The molecule has 1 aliphatic rings. The van der Waals surface area contributed by atoms with E-state index in [0.29, 0.717) is 0 Å². The van der Waals surface area contributed by atoms with Gasteiger partial charge in [-0.25, -0.2) is 0 Å². The molecule has 0 radical (unpaired) electrons. The fraction of sp³-hybridized carbons (Fsp3) is 0.500. The van der Waals surface area contributed by atoms with Crippen molar-refractivity contribution < 1.29 is 9.47 Å². The van der Waals surface area contributed by atoms with Crippen LogP contribution in [0.4, 0.5) is 0 Å². The molecule has 0 spiro atoms.